The highest BCUT2D eigenvalue weighted by Crippen LogP contribution is 2.37. The maximum atomic E-state index is 12.4. The van der Waals surface area contributed by atoms with Crippen LogP contribution in [0.1, 0.15) is 39.0 Å². The fraction of sp³-hybridized carbons (Fsp3) is 1.00. The molecule has 0 heterocycles. The van der Waals surface area contributed by atoms with E-state index in [9.17, 15) is 13.2 Å². The summed E-state index contributed by atoms with van der Waals surface area (Å²) in [5.74, 6) is -1.13. The summed E-state index contributed by atoms with van der Waals surface area (Å²) in [6.07, 6.45) is -1.70. The molecule has 1 saturated carbocycles. The van der Waals surface area contributed by atoms with Gasteiger partial charge in [0.15, 0.2) is 0 Å². The third kappa shape index (κ3) is 3.94. The number of rotatable bonds is 4. The number of aliphatic hydroxyl groups is 1. The first-order chi connectivity index (χ1) is 7.47. The van der Waals surface area contributed by atoms with Gasteiger partial charge in [-0.2, -0.15) is 13.2 Å². The average Bonchev–Trinajstić information content (AvgIpc) is 2.25. The van der Waals surface area contributed by atoms with Crippen molar-refractivity contribution in [2.24, 2.45) is 5.92 Å². The second-order valence-corrected chi connectivity index (χ2v) is 4.54. The summed E-state index contributed by atoms with van der Waals surface area (Å²) < 4.78 is 37.2. The SMILES string of the molecule is CC[C@H](CO)NC1CCC(C(F)(F)F)CC1. The Bertz CT molecular complexity index is 196. The molecule has 0 aromatic carbocycles. The van der Waals surface area contributed by atoms with Gasteiger partial charge in [-0.05, 0) is 32.1 Å². The predicted octanol–water partition coefficient (Wildman–Crippen LogP) is 2.47. The van der Waals surface area contributed by atoms with Crippen molar-refractivity contribution < 1.29 is 18.3 Å². The van der Waals surface area contributed by atoms with Crippen molar-refractivity contribution in [1.82, 2.24) is 5.32 Å². The summed E-state index contributed by atoms with van der Waals surface area (Å²) >= 11 is 0. The van der Waals surface area contributed by atoms with Crippen LogP contribution in [0.25, 0.3) is 0 Å². The Balaban J connectivity index is 2.32. The summed E-state index contributed by atoms with van der Waals surface area (Å²) in [5.41, 5.74) is 0. The van der Waals surface area contributed by atoms with Crippen LogP contribution in [0, 0.1) is 5.92 Å². The Kier molecular flexibility index (Phi) is 5.05. The van der Waals surface area contributed by atoms with Crippen LogP contribution in [-0.4, -0.2) is 30.0 Å². The molecule has 2 nitrogen and oxygen atoms in total. The maximum Gasteiger partial charge on any atom is 0.391 e. The lowest BCUT2D eigenvalue weighted by Gasteiger charge is -2.32. The first kappa shape index (κ1) is 13.8. The first-order valence-corrected chi connectivity index (χ1v) is 5.91. The predicted molar refractivity (Wildman–Crippen MR) is 56.1 cm³/mol. The molecule has 0 amide bonds. The molecule has 96 valence electrons. The molecule has 0 radical (unpaired) electrons. The van der Waals surface area contributed by atoms with Crippen molar-refractivity contribution in [3.8, 4) is 0 Å². The Labute approximate surface area is 94.2 Å². The molecule has 16 heavy (non-hydrogen) atoms. The molecule has 1 atom stereocenters. The molecule has 0 spiro atoms. The van der Waals surface area contributed by atoms with Crippen LogP contribution in [0.3, 0.4) is 0 Å². The standard InChI is InChI=1S/C11H20F3NO/c1-2-9(7-16)15-10-5-3-8(4-6-10)11(12,13)14/h8-10,15-16H,2-7H2,1H3/t8?,9-,10?/m1/s1. The van der Waals surface area contributed by atoms with E-state index in [-0.39, 0.29) is 31.5 Å². The minimum atomic E-state index is -4.04. The molecule has 0 bridgehead atoms. The third-order valence-corrected chi connectivity index (χ3v) is 3.37. The molecule has 0 saturated heterocycles. The fourth-order valence-electron chi connectivity index (χ4n) is 2.22. The van der Waals surface area contributed by atoms with Crippen LogP contribution < -0.4 is 5.32 Å². The van der Waals surface area contributed by atoms with Gasteiger partial charge in [-0.25, -0.2) is 0 Å². The summed E-state index contributed by atoms with van der Waals surface area (Å²) in [4.78, 5) is 0. The van der Waals surface area contributed by atoms with Crippen molar-refractivity contribution in [3.05, 3.63) is 0 Å². The number of alkyl halides is 3. The second kappa shape index (κ2) is 5.87. The Morgan fingerprint density at radius 1 is 1.25 bits per heavy atom. The molecule has 0 unspecified atom stereocenters. The number of hydrogen-bond donors (Lipinski definition) is 2. The van der Waals surface area contributed by atoms with Crippen LogP contribution in [0.4, 0.5) is 13.2 Å². The van der Waals surface area contributed by atoms with Crippen LogP contribution in [-0.2, 0) is 0 Å². The van der Waals surface area contributed by atoms with Gasteiger partial charge in [-0.15, -0.1) is 0 Å². The van der Waals surface area contributed by atoms with Crippen molar-refractivity contribution in [2.45, 2.75) is 57.3 Å². The molecule has 1 aliphatic carbocycles. The summed E-state index contributed by atoms with van der Waals surface area (Å²) in [6.45, 7) is 2.00. The number of halogens is 3. The molecule has 1 fully saturated rings. The highest BCUT2D eigenvalue weighted by molar-refractivity contribution is 4.82. The lowest BCUT2D eigenvalue weighted by Crippen LogP contribution is -2.43. The Hall–Kier alpha value is -0.290. The minimum absolute atomic E-state index is 0.0208. The Morgan fingerprint density at radius 3 is 2.19 bits per heavy atom. The molecular formula is C11H20F3NO. The highest BCUT2D eigenvalue weighted by atomic mass is 19.4. The molecule has 0 aromatic rings. The van der Waals surface area contributed by atoms with Gasteiger partial charge in [0, 0.05) is 12.1 Å². The smallest absolute Gasteiger partial charge is 0.391 e. The van der Waals surface area contributed by atoms with E-state index in [2.05, 4.69) is 5.32 Å². The van der Waals surface area contributed by atoms with E-state index in [4.69, 9.17) is 5.11 Å². The zero-order valence-corrected chi connectivity index (χ0v) is 9.56. The molecule has 2 N–H and O–H groups in total. The van der Waals surface area contributed by atoms with Gasteiger partial charge in [0.2, 0.25) is 0 Å². The van der Waals surface area contributed by atoms with E-state index in [1.54, 1.807) is 0 Å². The minimum Gasteiger partial charge on any atom is -0.395 e. The summed E-state index contributed by atoms with van der Waals surface area (Å²) in [7, 11) is 0. The largest absolute Gasteiger partial charge is 0.395 e. The van der Waals surface area contributed by atoms with E-state index in [1.165, 1.54) is 0 Å². The van der Waals surface area contributed by atoms with Gasteiger partial charge in [0.05, 0.1) is 12.5 Å². The molecule has 0 aromatic heterocycles. The molecular weight excluding hydrogens is 219 g/mol. The highest BCUT2D eigenvalue weighted by Gasteiger charge is 2.41. The monoisotopic (exact) mass is 239 g/mol. The second-order valence-electron chi connectivity index (χ2n) is 4.54. The lowest BCUT2D eigenvalue weighted by molar-refractivity contribution is -0.182. The van der Waals surface area contributed by atoms with Gasteiger partial charge >= 0.3 is 6.18 Å². The van der Waals surface area contributed by atoms with Crippen LogP contribution in [0.5, 0.6) is 0 Å². The quantitative estimate of drug-likeness (QED) is 0.790. The van der Waals surface area contributed by atoms with E-state index >= 15 is 0 Å². The maximum absolute atomic E-state index is 12.4. The van der Waals surface area contributed by atoms with Crippen molar-refractivity contribution in [2.75, 3.05) is 6.61 Å². The van der Waals surface area contributed by atoms with Gasteiger partial charge in [-0.1, -0.05) is 6.92 Å². The van der Waals surface area contributed by atoms with Gasteiger partial charge < -0.3 is 10.4 Å². The van der Waals surface area contributed by atoms with E-state index in [0.29, 0.717) is 12.8 Å². The van der Waals surface area contributed by atoms with Crippen LogP contribution in [0.15, 0.2) is 0 Å². The van der Waals surface area contributed by atoms with E-state index in [0.717, 1.165) is 6.42 Å². The lowest BCUT2D eigenvalue weighted by atomic mass is 9.85. The molecule has 5 heteroatoms. The van der Waals surface area contributed by atoms with Crippen LogP contribution >= 0.6 is 0 Å². The average molecular weight is 239 g/mol. The summed E-state index contributed by atoms with van der Waals surface area (Å²) in [6, 6.07) is 0.156. The number of nitrogens with one attached hydrogen (secondary N) is 1. The van der Waals surface area contributed by atoms with E-state index in [1.807, 2.05) is 6.92 Å². The fourth-order valence-corrected chi connectivity index (χ4v) is 2.22. The van der Waals surface area contributed by atoms with Crippen molar-refractivity contribution in [3.63, 3.8) is 0 Å². The van der Waals surface area contributed by atoms with Crippen molar-refractivity contribution >= 4 is 0 Å². The first-order valence-electron chi connectivity index (χ1n) is 5.91. The number of aliphatic hydroxyl groups excluding tert-OH is 1. The Morgan fingerprint density at radius 2 is 1.81 bits per heavy atom. The zero-order valence-electron chi connectivity index (χ0n) is 9.56. The third-order valence-electron chi connectivity index (χ3n) is 3.37. The molecule has 0 aliphatic heterocycles. The van der Waals surface area contributed by atoms with Gasteiger partial charge in [0.25, 0.3) is 0 Å². The summed E-state index contributed by atoms with van der Waals surface area (Å²) in [5, 5.41) is 12.2. The van der Waals surface area contributed by atoms with Gasteiger partial charge in [0.1, 0.15) is 0 Å². The normalized spacial score (nSPS) is 29.1. The van der Waals surface area contributed by atoms with E-state index < -0.39 is 12.1 Å². The van der Waals surface area contributed by atoms with Crippen LogP contribution in [0.2, 0.25) is 0 Å². The molecule has 1 aliphatic rings. The zero-order chi connectivity index (χ0) is 12.2. The van der Waals surface area contributed by atoms with Crippen molar-refractivity contribution in [1.29, 1.82) is 0 Å². The van der Waals surface area contributed by atoms with Gasteiger partial charge in [-0.3, -0.25) is 0 Å². The molecule has 1 rings (SSSR count). The number of hydrogen-bond acceptors (Lipinski definition) is 2. The topological polar surface area (TPSA) is 32.3 Å².